The van der Waals surface area contributed by atoms with E-state index in [2.05, 4.69) is 27.7 Å². The Morgan fingerprint density at radius 1 is 0.484 bits per heavy atom. The first kappa shape index (κ1) is 33.5. The third-order valence-corrected chi connectivity index (χ3v) is 12.1. The fourth-order valence-electron chi connectivity index (χ4n) is 4.09. The van der Waals surface area contributed by atoms with E-state index in [9.17, 15) is 13.0 Å². The molecular formula is C26H57O3PS. The van der Waals surface area contributed by atoms with E-state index in [0.29, 0.717) is 0 Å². The van der Waals surface area contributed by atoms with Crippen LogP contribution in [-0.2, 0) is 10.1 Å². The molecule has 31 heavy (non-hydrogen) atoms. The molecule has 0 aliphatic heterocycles. The molecule has 190 valence electrons. The molecule has 0 saturated carbocycles. The molecule has 0 aromatic rings. The molecule has 0 amide bonds. The van der Waals surface area contributed by atoms with Crippen LogP contribution in [0.15, 0.2) is 0 Å². The van der Waals surface area contributed by atoms with Gasteiger partial charge in [-0.15, -0.1) is 0 Å². The molecule has 0 bridgehead atoms. The summed E-state index contributed by atoms with van der Waals surface area (Å²) in [5.74, 6) is -0.312. The topological polar surface area (TPSA) is 57.2 Å². The van der Waals surface area contributed by atoms with Gasteiger partial charge in [-0.05, 0) is 32.1 Å². The summed E-state index contributed by atoms with van der Waals surface area (Å²) in [7, 11) is -4.53. The number of unbranched alkanes of at least 4 members (excludes halogenated alkanes) is 12. The Morgan fingerprint density at radius 3 is 1.03 bits per heavy atom. The minimum Gasteiger partial charge on any atom is -0.748 e. The second kappa shape index (κ2) is 23.5. The fraction of sp³-hybridized carbons (Fsp3) is 1.00. The highest BCUT2D eigenvalue weighted by atomic mass is 32.2. The molecule has 0 fully saturated rings. The standard InChI is InChI=1S/C24H52P.C2H6O3S/c1-5-9-13-14-15-16-17-18-19-20-24-25(21-10-6-2,22-11-7-3)23-12-8-4;1-2-6(3,4)5/h5-24H2,1-4H3;2H2,1H3,(H,3,4,5)/q+1;/p-1. The zero-order valence-electron chi connectivity index (χ0n) is 21.9. The maximum absolute atomic E-state index is 9.44. The monoisotopic (exact) mass is 480 g/mol. The van der Waals surface area contributed by atoms with Crippen molar-refractivity contribution in [1.29, 1.82) is 0 Å². The second-order valence-electron chi connectivity index (χ2n) is 9.33. The van der Waals surface area contributed by atoms with Gasteiger partial charge in [0.2, 0.25) is 0 Å². The minimum atomic E-state index is -3.91. The molecule has 0 aromatic carbocycles. The maximum atomic E-state index is 9.44. The van der Waals surface area contributed by atoms with Crippen LogP contribution in [0.5, 0.6) is 0 Å². The average molecular weight is 481 g/mol. The average Bonchev–Trinajstić information content (AvgIpc) is 2.75. The van der Waals surface area contributed by atoms with Gasteiger partial charge < -0.3 is 4.55 Å². The summed E-state index contributed by atoms with van der Waals surface area (Å²) in [6.07, 6.45) is 30.0. The summed E-state index contributed by atoms with van der Waals surface area (Å²) < 4.78 is 28.3. The van der Waals surface area contributed by atoms with Gasteiger partial charge in [0.25, 0.3) is 0 Å². The smallest absolute Gasteiger partial charge is 0.0943 e. The van der Waals surface area contributed by atoms with Crippen LogP contribution in [0.25, 0.3) is 0 Å². The van der Waals surface area contributed by atoms with Crippen molar-refractivity contribution in [2.75, 3.05) is 30.4 Å². The largest absolute Gasteiger partial charge is 0.748 e. The molecule has 0 aromatic heterocycles. The predicted molar refractivity (Wildman–Crippen MR) is 143 cm³/mol. The Kier molecular flexibility index (Phi) is 25.4. The normalized spacial score (nSPS) is 11.9. The Balaban J connectivity index is 0. The molecule has 0 aliphatic carbocycles. The summed E-state index contributed by atoms with van der Waals surface area (Å²) in [4.78, 5) is 0. The van der Waals surface area contributed by atoms with Crippen molar-refractivity contribution in [2.45, 2.75) is 137 Å². The zero-order chi connectivity index (χ0) is 23.8. The van der Waals surface area contributed by atoms with E-state index in [0.717, 1.165) is 0 Å². The summed E-state index contributed by atoms with van der Waals surface area (Å²) in [5, 5.41) is 0. The van der Waals surface area contributed by atoms with Crippen LogP contribution < -0.4 is 0 Å². The van der Waals surface area contributed by atoms with Crippen LogP contribution in [0.3, 0.4) is 0 Å². The Labute approximate surface area is 198 Å². The number of hydrogen-bond acceptors (Lipinski definition) is 3. The molecule has 0 aliphatic rings. The van der Waals surface area contributed by atoms with Gasteiger partial charge in [-0.1, -0.05) is 105 Å². The highest BCUT2D eigenvalue weighted by molar-refractivity contribution is 7.85. The van der Waals surface area contributed by atoms with Crippen molar-refractivity contribution in [1.82, 2.24) is 0 Å². The summed E-state index contributed by atoms with van der Waals surface area (Å²) >= 11 is 0. The van der Waals surface area contributed by atoms with Gasteiger partial charge >= 0.3 is 0 Å². The Morgan fingerprint density at radius 2 is 0.742 bits per heavy atom. The van der Waals surface area contributed by atoms with E-state index >= 15 is 0 Å². The van der Waals surface area contributed by atoms with Crippen LogP contribution in [0.1, 0.15) is 137 Å². The summed E-state index contributed by atoms with van der Waals surface area (Å²) in [6.45, 7) is 10.8. The van der Waals surface area contributed by atoms with E-state index in [-0.39, 0.29) is 5.75 Å². The van der Waals surface area contributed by atoms with Crippen molar-refractivity contribution in [2.24, 2.45) is 0 Å². The first-order valence-corrected chi connectivity index (χ1v) is 17.7. The molecule has 0 atom stereocenters. The Bertz CT molecular complexity index is 430. The lowest BCUT2D eigenvalue weighted by atomic mass is 10.1. The van der Waals surface area contributed by atoms with E-state index in [1.807, 2.05) is 0 Å². The van der Waals surface area contributed by atoms with Gasteiger partial charge in [-0.3, -0.25) is 0 Å². The second-order valence-corrected chi connectivity index (χ2v) is 15.5. The lowest BCUT2D eigenvalue weighted by Crippen LogP contribution is -2.13. The number of hydrogen-bond donors (Lipinski definition) is 0. The maximum Gasteiger partial charge on any atom is 0.0943 e. The molecule has 0 saturated heterocycles. The van der Waals surface area contributed by atoms with E-state index < -0.39 is 17.4 Å². The molecule has 0 unspecified atom stereocenters. The fourth-order valence-corrected chi connectivity index (χ4v) is 9.28. The third-order valence-electron chi connectivity index (χ3n) is 6.30. The predicted octanol–water partition coefficient (Wildman–Crippen LogP) is 8.88. The molecule has 0 N–H and O–H groups in total. The van der Waals surface area contributed by atoms with E-state index in [4.69, 9.17) is 0 Å². The molecule has 0 heterocycles. The van der Waals surface area contributed by atoms with Crippen LogP contribution >= 0.6 is 7.26 Å². The van der Waals surface area contributed by atoms with Crippen molar-refractivity contribution in [3.63, 3.8) is 0 Å². The molecule has 3 nitrogen and oxygen atoms in total. The van der Waals surface area contributed by atoms with E-state index in [1.165, 1.54) is 103 Å². The molecule has 0 rings (SSSR count). The van der Waals surface area contributed by atoms with Gasteiger partial charge in [0, 0.05) is 13.0 Å². The van der Waals surface area contributed by atoms with E-state index in [1.54, 1.807) is 31.1 Å². The molecular weight excluding hydrogens is 423 g/mol. The first-order chi connectivity index (χ1) is 14.8. The van der Waals surface area contributed by atoms with Gasteiger partial charge in [-0.2, -0.15) is 0 Å². The van der Waals surface area contributed by atoms with Crippen LogP contribution in [0.2, 0.25) is 0 Å². The van der Waals surface area contributed by atoms with Gasteiger partial charge in [0.05, 0.1) is 34.8 Å². The summed E-state index contributed by atoms with van der Waals surface area (Å²) in [6, 6.07) is 0. The quantitative estimate of drug-likeness (QED) is 0.0936. The first-order valence-electron chi connectivity index (χ1n) is 13.6. The Hall–Kier alpha value is 0.340. The molecule has 0 spiro atoms. The van der Waals surface area contributed by atoms with Crippen molar-refractivity contribution < 1.29 is 13.0 Å². The molecule has 5 heteroatoms. The van der Waals surface area contributed by atoms with Gasteiger partial charge in [-0.25, -0.2) is 8.42 Å². The van der Waals surface area contributed by atoms with Gasteiger partial charge in [0.1, 0.15) is 0 Å². The highest BCUT2D eigenvalue weighted by Gasteiger charge is 2.34. The van der Waals surface area contributed by atoms with Crippen LogP contribution in [-0.4, -0.2) is 43.4 Å². The van der Waals surface area contributed by atoms with Crippen molar-refractivity contribution in [3.05, 3.63) is 0 Å². The van der Waals surface area contributed by atoms with Crippen LogP contribution in [0.4, 0.5) is 0 Å². The van der Waals surface area contributed by atoms with Crippen molar-refractivity contribution >= 4 is 17.4 Å². The van der Waals surface area contributed by atoms with Crippen LogP contribution in [0, 0.1) is 0 Å². The van der Waals surface area contributed by atoms with Crippen molar-refractivity contribution in [3.8, 4) is 0 Å². The van der Waals surface area contributed by atoms with Gasteiger partial charge in [0.15, 0.2) is 0 Å². The molecule has 0 radical (unpaired) electrons. The highest BCUT2D eigenvalue weighted by Crippen LogP contribution is 2.61. The lowest BCUT2D eigenvalue weighted by molar-refractivity contribution is 0.464. The summed E-state index contributed by atoms with van der Waals surface area (Å²) in [5.41, 5.74) is 0. The minimum absolute atomic E-state index is 0.312. The zero-order valence-corrected chi connectivity index (χ0v) is 23.6. The number of rotatable bonds is 21. The SMILES string of the molecule is CCCCCCCCCCCC[P+](CCCC)(CCCC)CCCC.CCS(=O)(=O)[O-]. The lowest BCUT2D eigenvalue weighted by Gasteiger charge is -2.28. The third kappa shape index (κ3) is 24.8.